The fourth-order valence-corrected chi connectivity index (χ4v) is 2.51. The number of nitrogens with two attached hydrogens (primary N) is 1. The second-order valence-electron chi connectivity index (χ2n) is 4.71. The van der Waals surface area contributed by atoms with Crippen LogP contribution in [0.1, 0.15) is 12.5 Å². The number of thioether (sulfide) groups is 1. The molecule has 2 aromatic rings. The summed E-state index contributed by atoms with van der Waals surface area (Å²) in [5.41, 5.74) is 6.58. The monoisotopic (exact) mass is 306 g/mol. The van der Waals surface area contributed by atoms with Crippen molar-refractivity contribution >= 4 is 23.7 Å². The minimum Gasteiger partial charge on any atom is -0.461 e. The highest BCUT2D eigenvalue weighted by Gasteiger charge is 2.17. The van der Waals surface area contributed by atoms with E-state index in [2.05, 4.69) is 10.2 Å². The average Bonchev–Trinajstić information content (AvgIpc) is 2.83. The Morgan fingerprint density at radius 2 is 2.10 bits per heavy atom. The molecule has 1 aromatic carbocycles. The number of esters is 1. The van der Waals surface area contributed by atoms with Crippen LogP contribution in [-0.4, -0.2) is 26.5 Å². The average molecular weight is 306 g/mol. The minimum absolute atomic E-state index is 0.221. The van der Waals surface area contributed by atoms with Gasteiger partial charge in [0.2, 0.25) is 5.95 Å². The van der Waals surface area contributed by atoms with Crippen LogP contribution in [0.25, 0.3) is 0 Å². The molecule has 0 aliphatic rings. The van der Waals surface area contributed by atoms with Gasteiger partial charge >= 0.3 is 5.97 Å². The third-order valence-electron chi connectivity index (χ3n) is 2.96. The molecule has 2 N–H and O–H groups in total. The summed E-state index contributed by atoms with van der Waals surface area (Å²) in [4.78, 5) is 11.9. The van der Waals surface area contributed by atoms with E-state index in [1.807, 2.05) is 37.3 Å². The molecule has 0 saturated carbocycles. The van der Waals surface area contributed by atoms with Crippen LogP contribution in [0, 0.1) is 5.92 Å². The fraction of sp³-hybridized carbons (Fsp3) is 0.357. The lowest BCUT2D eigenvalue weighted by molar-refractivity contribution is -0.148. The lowest BCUT2D eigenvalue weighted by atomic mass is 10.2. The number of ether oxygens (including phenoxy) is 1. The van der Waals surface area contributed by atoms with Crippen LogP contribution in [0.2, 0.25) is 0 Å². The first-order valence-corrected chi connectivity index (χ1v) is 7.54. The molecular formula is C14H18N4O2S. The normalized spacial score (nSPS) is 12.1. The van der Waals surface area contributed by atoms with Crippen molar-refractivity contribution in [2.45, 2.75) is 18.7 Å². The number of anilines is 1. The number of nitrogen functional groups attached to an aromatic ring is 1. The van der Waals surface area contributed by atoms with Crippen molar-refractivity contribution in [3.05, 3.63) is 35.9 Å². The third-order valence-corrected chi connectivity index (χ3v) is 4.24. The van der Waals surface area contributed by atoms with Crippen molar-refractivity contribution in [3.63, 3.8) is 0 Å². The molecule has 1 atom stereocenters. The van der Waals surface area contributed by atoms with E-state index in [4.69, 9.17) is 10.5 Å². The first-order valence-electron chi connectivity index (χ1n) is 6.56. The van der Waals surface area contributed by atoms with Gasteiger partial charge in [-0.15, -0.1) is 10.2 Å². The summed E-state index contributed by atoms with van der Waals surface area (Å²) in [5.74, 6) is 0.481. The van der Waals surface area contributed by atoms with Crippen LogP contribution in [0.3, 0.4) is 0 Å². The molecular weight excluding hydrogens is 288 g/mol. The van der Waals surface area contributed by atoms with Gasteiger partial charge in [0.05, 0.1) is 5.92 Å². The van der Waals surface area contributed by atoms with Crippen molar-refractivity contribution in [3.8, 4) is 0 Å². The summed E-state index contributed by atoms with van der Waals surface area (Å²) in [5, 5.41) is 8.40. The summed E-state index contributed by atoms with van der Waals surface area (Å²) in [6.45, 7) is 2.13. The zero-order chi connectivity index (χ0) is 15.2. The maximum atomic E-state index is 11.9. The second kappa shape index (κ2) is 7.12. The molecule has 1 unspecified atom stereocenters. The predicted octanol–water partition coefficient (Wildman–Crippen LogP) is 1.87. The predicted molar refractivity (Wildman–Crippen MR) is 81.5 cm³/mol. The number of carbonyl (C=O) groups excluding carboxylic acids is 1. The summed E-state index contributed by atoms with van der Waals surface area (Å²) >= 11 is 1.43. The smallest absolute Gasteiger partial charge is 0.309 e. The highest BCUT2D eigenvalue weighted by molar-refractivity contribution is 7.99. The number of hydrogen-bond acceptors (Lipinski definition) is 6. The van der Waals surface area contributed by atoms with E-state index >= 15 is 0 Å². The summed E-state index contributed by atoms with van der Waals surface area (Å²) < 4.78 is 6.98. The number of nitrogens with zero attached hydrogens (tertiary/aromatic N) is 3. The van der Waals surface area contributed by atoms with Crippen molar-refractivity contribution in [2.24, 2.45) is 13.0 Å². The number of carbonyl (C=O) groups is 1. The maximum absolute atomic E-state index is 11.9. The third kappa shape index (κ3) is 4.22. The fourth-order valence-electron chi connectivity index (χ4n) is 1.59. The van der Waals surface area contributed by atoms with Gasteiger partial charge in [0.25, 0.3) is 0 Å². The van der Waals surface area contributed by atoms with Crippen LogP contribution < -0.4 is 5.73 Å². The van der Waals surface area contributed by atoms with Gasteiger partial charge in [-0.2, -0.15) is 0 Å². The Bertz CT molecular complexity index is 600. The van der Waals surface area contributed by atoms with Crippen molar-refractivity contribution < 1.29 is 9.53 Å². The van der Waals surface area contributed by atoms with E-state index in [9.17, 15) is 4.79 Å². The summed E-state index contributed by atoms with van der Waals surface area (Å²) in [6, 6.07) is 9.61. The number of aromatic nitrogens is 3. The van der Waals surface area contributed by atoms with Gasteiger partial charge in [-0.05, 0) is 5.56 Å². The Balaban J connectivity index is 1.79. The highest BCUT2D eigenvalue weighted by Crippen LogP contribution is 2.20. The van der Waals surface area contributed by atoms with Gasteiger partial charge in [-0.3, -0.25) is 9.36 Å². The molecule has 0 spiro atoms. The lowest BCUT2D eigenvalue weighted by Crippen LogP contribution is -2.17. The second-order valence-corrected chi connectivity index (χ2v) is 5.69. The molecule has 0 bridgehead atoms. The van der Waals surface area contributed by atoms with E-state index in [-0.39, 0.29) is 11.9 Å². The Kier molecular flexibility index (Phi) is 5.21. The van der Waals surface area contributed by atoms with Crippen molar-refractivity contribution in [1.29, 1.82) is 0 Å². The molecule has 2 rings (SSSR count). The molecule has 112 valence electrons. The molecule has 0 aliphatic carbocycles. The first kappa shape index (κ1) is 15.4. The molecule has 0 amide bonds. The van der Waals surface area contributed by atoms with Gasteiger partial charge < -0.3 is 10.5 Å². The molecule has 21 heavy (non-hydrogen) atoms. The maximum Gasteiger partial charge on any atom is 0.309 e. The van der Waals surface area contributed by atoms with Crippen LogP contribution in [-0.2, 0) is 23.2 Å². The summed E-state index contributed by atoms with van der Waals surface area (Å²) in [7, 11) is 1.79. The van der Waals surface area contributed by atoms with Gasteiger partial charge in [0.15, 0.2) is 5.16 Å². The van der Waals surface area contributed by atoms with Crippen molar-refractivity contribution in [1.82, 2.24) is 14.8 Å². The molecule has 0 saturated heterocycles. The zero-order valence-electron chi connectivity index (χ0n) is 12.0. The van der Waals surface area contributed by atoms with Gasteiger partial charge in [-0.1, -0.05) is 49.0 Å². The SMILES string of the molecule is CC(CSc1nnc(N)n1C)C(=O)OCc1ccccc1. The van der Waals surface area contributed by atoms with Gasteiger partial charge in [0.1, 0.15) is 6.61 Å². The molecule has 0 radical (unpaired) electrons. The summed E-state index contributed by atoms with van der Waals surface area (Å²) in [6.07, 6.45) is 0. The largest absolute Gasteiger partial charge is 0.461 e. The highest BCUT2D eigenvalue weighted by atomic mass is 32.2. The number of benzene rings is 1. The molecule has 6 nitrogen and oxygen atoms in total. The van der Waals surface area contributed by atoms with E-state index < -0.39 is 0 Å². The standard InChI is InChI=1S/C14H18N4O2S/c1-10(9-21-14-17-16-13(15)18(14)2)12(19)20-8-11-6-4-3-5-7-11/h3-7,10H,8-9H2,1-2H3,(H2,15,16). The topological polar surface area (TPSA) is 83.0 Å². The Morgan fingerprint density at radius 3 is 2.71 bits per heavy atom. The van der Waals surface area contributed by atoms with Crippen LogP contribution >= 0.6 is 11.8 Å². The van der Waals surface area contributed by atoms with E-state index in [1.165, 1.54) is 11.8 Å². The zero-order valence-corrected chi connectivity index (χ0v) is 12.8. The van der Waals surface area contributed by atoms with E-state index in [0.29, 0.717) is 23.5 Å². The molecule has 1 heterocycles. The first-order chi connectivity index (χ1) is 10.1. The molecule has 0 aliphatic heterocycles. The molecule has 1 aromatic heterocycles. The number of rotatable bonds is 6. The van der Waals surface area contributed by atoms with Crippen LogP contribution in [0.4, 0.5) is 5.95 Å². The van der Waals surface area contributed by atoms with Gasteiger partial charge in [0, 0.05) is 12.8 Å². The van der Waals surface area contributed by atoms with E-state index in [0.717, 1.165) is 5.56 Å². The quantitative estimate of drug-likeness (QED) is 0.648. The Hall–Kier alpha value is -2.02. The van der Waals surface area contributed by atoms with Crippen LogP contribution in [0.15, 0.2) is 35.5 Å². The number of hydrogen-bond donors (Lipinski definition) is 1. The molecule has 7 heteroatoms. The van der Waals surface area contributed by atoms with E-state index in [1.54, 1.807) is 11.6 Å². The van der Waals surface area contributed by atoms with Crippen LogP contribution in [0.5, 0.6) is 0 Å². The Labute approximate surface area is 127 Å². The lowest BCUT2D eigenvalue weighted by Gasteiger charge is -2.11. The van der Waals surface area contributed by atoms with Gasteiger partial charge in [-0.25, -0.2) is 0 Å². The molecule has 0 fully saturated rings. The minimum atomic E-state index is -0.225. The van der Waals surface area contributed by atoms with Crippen molar-refractivity contribution in [2.75, 3.05) is 11.5 Å². The Morgan fingerprint density at radius 1 is 1.38 bits per heavy atom.